The zero-order valence-corrected chi connectivity index (χ0v) is 18.1. The van der Waals surface area contributed by atoms with Gasteiger partial charge in [-0.3, -0.25) is 14.5 Å². The molecule has 1 aromatic heterocycles. The van der Waals surface area contributed by atoms with Gasteiger partial charge >= 0.3 is 0 Å². The van der Waals surface area contributed by atoms with Crippen LogP contribution in [0.4, 0.5) is 5.69 Å². The standard InChI is InChI=1S/C27H21NO5/c1-15-6-5-8-18(12-15)24-23(25(30)22-14-17-7-3-4-9-21(17)33-22)26(31)27(32)28(24)19-13-16(2)10-11-20(19)29/h3-14,24,29,31H,1-2H3. The van der Waals surface area contributed by atoms with Crippen LogP contribution in [0.5, 0.6) is 5.75 Å². The number of amides is 1. The Morgan fingerprint density at radius 1 is 0.909 bits per heavy atom. The van der Waals surface area contributed by atoms with Gasteiger partial charge < -0.3 is 14.6 Å². The molecule has 0 bridgehead atoms. The van der Waals surface area contributed by atoms with Crippen molar-refractivity contribution < 1.29 is 24.2 Å². The second-order valence-electron chi connectivity index (χ2n) is 8.22. The van der Waals surface area contributed by atoms with E-state index >= 15 is 0 Å². The predicted octanol–water partition coefficient (Wildman–Crippen LogP) is 5.54. The largest absolute Gasteiger partial charge is 0.506 e. The Labute approximate surface area is 190 Å². The number of benzene rings is 3. The van der Waals surface area contributed by atoms with Crippen LogP contribution in [0.25, 0.3) is 11.0 Å². The van der Waals surface area contributed by atoms with E-state index in [0.717, 1.165) is 16.5 Å². The Hall–Kier alpha value is -4.32. The van der Waals surface area contributed by atoms with Crippen LogP contribution in [-0.2, 0) is 4.79 Å². The third kappa shape index (κ3) is 3.36. The predicted molar refractivity (Wildman–Crippen MR) is 124 cm³/mol. The number of phenols is 1. The molecular weight excluding hydrogens is 418 g/mol. The number of aryl methyl sites for hydroxylation is 2. The maximum Gasteiger partial charge on any atom is 0.294 e. The molecule has 1 amide bonds. The summed E-state index contributed by atoms with van der Waals surface area (Å²) in [6.45, 7) is 3.73. The summed E-state index contributed by atoms with van der Waals surface area (Å²) in [4.78, 5) is 28.2. The molecule has 3 aromatic carbocycles. The van der Waals surface area contributed by atoms with E-state index in [4.69, 9.17) is 4.42 Å². The van der Waals surface area contributed by atoms with Crippen molar-refractivity contribution in [3.8, 4) is 5.75 Å². The van der Waals surface area contributed by atoms with Crippen molar-refractivity contribution in [2.24, 2.45) is 0 Å². The minimum atomic E-state index is -0.939. The molecule has 1 atom stereocenters. The van der Waals surface area contributed by atoms with Gasteiger partial charge in [-0.2, -0.15) is 0 Å². The lowest BCUT2D eigenvalue weighted by molar-refractivity contribution is -0.117. The van der Waals surface area contributed by atoms with Crippen molar-refractivity contribution in [3.63, 3.8) is 0 Å². The fourth-order valence-corrected chi connectivity index (χ4v) is 4.29. The lowest BCUT2D eigenvalue weighted by Gasteiger charge is -2.27. The van der Waals surface area contributed by atoms with Crippen LogP contribution in [0.2, 0.25) is 0 Å². The molecule has 33 heavy (non-hydrogen) atoms. The molecule has 164 valence electrons. The van der Waals surface area contributed by atoms with E-state index in [0.29, 0.717) is 11.1 Å². The van der Waals surface area contributed by atoms with Crippen molar-refractivity contribution in [1.29, 1.82) is 0 Å². The van der Waals surface area contributed by atoms with E-state index in [2.05, 4.69) is 0 Å². The first-order valence-electron chi connectivity index (χ1n) is 10.5. The molecule has 2 N–H and O–H groups in total. The third-order valence-corrected chi connectivity index (χ3v) is 5.85. The number of ketones is 1. The van der Waals surface area contributed by atoms with Crippen LogP contribution in [0.1, 0.15) is 33.3 Å². The summed E-state index contributed by atoms with van der Waals surface area (Å²) in [6.07, 6.45) is 0. The number of carbonyl (C=O) groups is 2. The lowest BCUT2D eigenvalue weighted by atomic mass is 9.93. The van der Waals surface area contributed by atoms with Crippen molar-refractivity contribution in [1.82, 2.24) is 0 Å². The third-order valence-electron chi connectivity index (χ3n) is 5.85. The number of nitrogens with zero attached hydrogens (tertiary/aromatic N) is 1. The molecule has 0 radical (unpaired) electrons. The molecule has 2 heterocycles. The number of carbonyl (C=O) groups excluding carboxylic acids is 2. The quantitative estimate of drug-likeness (QED) is 0.408. The molecule has 6 heteroatoms. The number of hydrogen-bond acceptors (Lipinski definition) is 5. The molecule has 4 aromatic rings. The van der Waals surface area contributed by atoms with E-state index in [-0.39, 0.29) is 22.8 Å². The van der Waals surface area contributed by atoms with Gasteiger partial charge in [0.2, 0.25) is 5.78 Å². The highest BCUT2D eigenvalue weighted by atomic mass is 16.3. The molecule has 6 nitrogen and oxygen atoms in total. The zero-order valence-electron chi connectivity index (χ0n) is 18.1. The molecule has 0 saturated carbocycles. The van der Waals surface area contributed by atoms with Gasteiger partial charge in [0.05, 0.1) is 17.3 Å². The van der Waals surface area contributed by atoms with Gasteiger partial charge in [-0.05, 0) is 49.2 Å². The van der Waals surface area contributed by atoms with Crippen LogP contribution in [0.15, 0.2) is 88.5 Å². The number of aliphatic hydroxyl groups excluding tert-OH is 1. The van der Waals surface area contributed by atoms with Crippen molar-refractivity contribution in [2.45, 2.75) is 19.9 Å². The van der Waals surface area contributed by atoms with E-state index in [9.17, 15) is 19.8 Å². The highest BCUT2D eigenvalue weighted by Gasteiger charge is 2.46. The lowest BCUT2D eigenvalue weighted by Crippen LogP contribution is -2.31. The fourth-order valence-electron chi connectivity index (χ4n) is 4.29. The van der Waals surface area contributed by atoms with Crippen molar-refractivity contribution >= 4 is 28.3 Å². The monoisotopic (exact) mass is 439 g/mol. The van der Waals surface area contributed by atoms with Crippen LogP contribution < -0.4 is 4.90 Å². The molecule has 0 spiro atoms. The van der Waals surface area contributed by atoms with Gasteiger partial charge in [0.25, 0.3) is 5.91 Å². The Morgan fingerprint density at radius 2 is 1.67 bits per heavy atom. The van der Waals surface area contributed by atoms with Gasteiger partial charge in [0.1, 0.15) is 11.3 Å². The number of aromatic hydroxyl groups is 1. The first kappa shape index (κ1) is 20.6. The van der Waals surface area contributed by atoms with Crippen LogP contribution >= 0.6 is 0 Å². The highest BCUT2D eigenvalue weighted by molar-refractivity contribution is 6.21. The molecule has 5 rings (SSSR count). The van der Waals surface area contributed by atoms with E-state index in [1.165, 1.54) is 11.0 Å². The summed E-state index contributed by atoms with van der Waals surface area (Å²) in [7, 11) is 0. The Balaban J connectivity index is 1.70. The van der Waals surface area contributed by atoms with E-state index in [1.807, 2.05) is 44.2 Å². The summed E-state index contributed by atoms with van der Waals surface area (Å²) in [5, 5.41) is 22.2. The molecule has 1 unspecified atom stereocenters. The summed E-state index contributed by atoms with van der Waals surface area (Å²) in [6, 6.07) is 20.1. The number of rotatable bonds is 4. The van der Waals surface area contributed by atoms with Crippen LogP contribution in [0.3, 0.4) is 0 Å². The van der Waals surface area contributed by atoms with E-state index < -0.39 is 23.5 Å². The zero-order chi connectivity index (χ0) is 23.3. The first-order chi connectivity index (χ1) is 15.8. The maximum absolute atomic E-state index is 13.6. The van der Waals surface area contributed by atoms with Crippen LogP contribution in [0, 0.1) is 13.8 Å². The smallest absolute Gasteiger partial charge is 0.294 e. The molecular formula is C27H21NO5. The Morgan fingerprint density at radius 3 is 2.42 bits per heavy atom. The maximum atomic E-state index is 13.6. The van der Waals surface area contributed by atoms with Crippen LogP contribution in [-0.4, -0.2) is 21.9 Å². The number of para-hydroxylation sites is 1. The van der Waals surface area contributed by atoms with Gasteiger partial charge in [0, 0.05) is 5.39 Å². The molecule has 0 fully saturated rings. The number of hydrogen-bond donors (Lipinski definition) is 2. The summed E-state index contributed by atoms with van der Waals surface area (Å²) in [5.74, 6) is -2.11. The topological polar surface area (TPSA) is 91.0 Å². The molecule has 0 aliphatic carbocycles. The Bertz CT molecular complexity index is 1430. The molecule has 1 aliphatic heterocycles. The number of aliphatic hydroxyl groups is 1. The van der Waals surface area contributed by atoms with Gasteiger partial charge in [-0.1, -0.05) is 54.1 Å². The summed E-state index contributed by atoms with van der Waals surface area (Å²) in [5.41, 5.74) is 3.03. The summed E-state index contributed by atoms with van der Waals surface area (Å²) >= 11 is 0. The number of fused-ring (bicyclic) bond motifs is 1. The second-order valence-corrected chi connectivity index (χ2v) is 8.22. The SMILES string of the molecule is Cc1cccc(C2C(C(=O)c3cc4ccccc4o3)=C(O)C(=O)N2c2cc(C)ccc2O)c1. The number of anilines is 1. The fraction of sp³-hybridized carbons (Fsp3) is 0.111. The van der Waals surface area contributed by atoms with Crippen molar-refractivity contribution in [2.75, 3.05) is 4.90 Å². The van der Waals surface area contributed by atoms with E-state index in [1.54, 1.807) is 36.4 Å². The van der Waals surface area contributed by atoms with Crippen molar-refractivity contribution in [3.05, 3.63) is 107 Å². The average molecular weight is 439 g/mol. The Kier molecular flexibility index (Phi) is 4.78. The second kappa shape index (κ2) is 7.67. The average Bonchev–Trinajstić information content (AvgIpc) is 3.34. The van der Waals surface area contributed by atoms with Gasteiger partial charge in [0.15, 0.2) is 11.5 Å². The van der Waals surface area contributed by atoms with Gasteiger partial charge in [-0.15, -0.1) is 0 Å². The minimum absolute atomic E-state index is 0.0264. The summed E-state index contributed by atoms with van der Waals surface area (Å²) < 4.78 is 5.74. The van der Waals surface area contributed by atoms with Gasteiger partial charge in [-0.25, -0.2) is 0 Å². The number of furan rings is 1. The normalized spacial score (nSPS) is 16.1. The molecule has 1 aliphatic rings. The highest BCUT2D eigenvalue weighted by Crippen LogP contribution is 2.45. The first-order valence-corrected chi connectivity index (χ1v) is 10.5. The number of Topliss-reactive ketones (excluding diaryl/α,β-unsaturated/α-hetero) is 1. The molecule has 0 saturated heterocycles. The number of phenolic OH excluding ortho intramolecular Hbond substituents is 1. The minimum Gasteiger partial charge on any atom is -0.506 e.